The predicted molar refractivity (Wildman–Crippen MR) is 51.5 cm³/mol. The minimum absolute atomic E-state index is 0.189. The van der Waals surface area contributed by atoms with Gasteiger partial charge in [-0.3, -0.25) is 9.59 Å². The van der Waals surface area contributed by atoms with Gasteiger partial charge in [-0.1, -0.05) is 0 Å². The Balaban J connectivity index is 2.72. The first kappa shape index (κ1) is 13.3. The summed E-state index contributed by atoms with van der Waals surface area (Å²) in [5, 5.41) is 0. The zero-order valence-corrected chi connectivity index (χ0v) is 8.95. The molecular weight excluding hydrogens is 239 g/mol. The van der Waals surface area contributed by atoms with E-state index in [4.69, 9.17) is 0 Å². The second kappa shape index (κ2) is 5.03. The van der Waals surface area contributed by atoms with Crippen molar-refractivity contribution < 1.29 is 27.5 Å². The van der Waals surface area contributed by atoms with E-state index in [1.54, 1.807) is 6.92 Å². The van der Waals surface area contributed by atoms with Crippen LogP contribution in [0.1, 0.15) is 17.3 Å². The molecular formula is C10H10F3NO3. The summed E-state index contributed by atoms with van der Waals surface area (Å²) in [6, 6.07) is 1.01. The van der Waals surface area contributed by atoms with Crippen molar-refractivity contribution in [2.75, 3.05) is 6.61 Å². The average molecular weight is 249 g/mol. The maximum atomic E-state index is 12.1. The summed E-state index contributed by atoms with van der Waals surface area (Å²) in [5.41, 5.74) is -0.498. The molecule has 1 rings (SSSR count). The first-order valence-electron chi connectivity index (χ1n) is 4.77. The molecule has 0 fully saturated rings. The number of esters is 1. The summed E-state index contributed by atoms with van der Waals surface area (Å²) >= 11 is 0. The SMILES string of the molecule is CCOC(=O)Cn1ccc(C(=O)C(F)(F)F)c1. The number of halogens is 3. The molecule has 0 N–H and O–H groups in total. The number of nitrogens with zero attached hydrogens (tertiary/aromatic N) is 1. The van der Waals surface area contributed by atoms with Crippen LogP contribution in [0.2, 0.25) is 0 Å². The maximum Gasteiger partial charge on any atom is 0.454 e. The van der Waals surface area contributed by atoms with Crippen LogP contribution in [0.3, 0.4) is 0 Å². The van der Waals surface area contributed by atoms with Gasteiger partial charge in [-0.25, -0.2) is 0 Å². The van der Waals surface area contributed by atoms with Gasteiger partial charge in [0.1, 0.15) is 6.54 Å². The van der Waals surface area contributed by atoms with Crippen molar-refractivity contribution in [1.82, 2.24) is 4.57 Å². The molecule has 0 aliphatic heterocycles. The van der Waals surface area contributed by atoms with Crippen molar-refractivity contribution in [3.63, 3.8) is 0 Å². The van der Waals surface area contributed by atoms with Crippen molar-refractivity contribution in [1.29, 1.82) is 0 Å². The Morgan fingerprint density at radius 3 is 2.59 bits per heavy atom. The highest BCUT2D eigenvalue weighted by Gasteiger charge is 2.39. The number of carbonyl (C=O) groups excluding carboxylic acids is 2. The zero-order chi connectivity index (χ0) is 13.1. The van der Waals surface area contributed by atoms with Crippen LogP contribution in [0.5, 0.6) is 0 Å². The summed E-state index contributed by atoms with van der Waals surface area (Å²) in [6.07, 6.45) is -2.72. The molecule has 1 aromatic rings. The van der Waals surface area contributed by atoms with E-state index in [2.05, 4.69) is 4.74 Å². The summed E-state index contributed by atoms with van der Waals surface area (Å²) in [4.78, 5) is 21.9. The van der Waals surface area contributed by atoms with Crippen LogP contribution < -0.4 is 0 Å². The summed E-state index contributed by atoms with van der Waals surface area (Å²) in [6.45, 7) is 1.58. The van der Waals surface area contributed by atoms with E-state index in [1.165, 1.54) is 6.20 Å². The topological polar surface area (TPSA) is 48.3 Å². The molecule has 7 heteroatoms. The quantitative estimate of drug-likeness (QED) is 0.603. The Hall–Kier alpha value is -1.79. The van der Waals surface area contributed by atoms with Gasteiger partial charge < -0.3 is 9.30 Å². The number of carbonyl (C=O) groups is 2. The van der Waals surface area contributed by atoms with Crippen LogP contribution in [0, 0.1) is 0 Å². The van der Waals surface area contributed by atoms with Gasteiger partial charge in [-0.15, -0.1) is 0 Å². The van der Waals surface area contributed by atoms with E-state index in [0.717, 1.165) is 16.8 Å². The van der Waals surface area contributed by atoms with E-state index >= 15 is 0 Å². The number of aromatic nitrogens is 1. The van der Waals surface area contributed by atoms with E-state index in [1.807, 2.05) is 0 Å². The lowest BCUT2D eigenvalue weighted by molar-refractivity contribution is -0.143. The lowest BCUT2D eigenvalue weighted by Gasteiger charge is -2.03. The number of hydrogen-bond acceptors (Lipinski definition) is 3. The zero-order valence-electron chi connectivity index (χ0n) is 8.95. The number of Topliss-reactive ketones (excluding diaryl/α,β-unsaturated/α-hetero) is 1. The third-order valence-electron chi connectivity index (χ3n) is 1.89. The van der Waals surface area contributed by atoms with Gasteiger partial charge in [0.2, 0.25) is 0 Å². The Kier molecular flexibility index (Phi) is 3.93. The van der Waals surface area contributed by atoms with Crippen LogP contribution >= 0.6 is 0 Å². The van der Waals surface area contributed by atoms with Crippen molar-refractivity contribution in [3.8, 4) is 0 Å². The van der Waals surface area contributed by atoms with Gasteiger partial charge >= 0.3 is 12.1 Å². The van der Waals surface area contributed by atoms with Gasteiger partial charge in [0, 0.05) is 18.0 Å². The molecule has 1 heterocycles. The predicted octanol–water partition coefficient (Wildman–Crippen LogP) is 1.80. The molecule has 0 bridgehead atoms. The fourth-order valence-electron chi connectivity index (χ4n) is 1.19. The normalized spacial score (nSPS) is 11.3. The molecule has 0 unspecified atom stereocenters. The summed E-state index contributed by atoms with van der Waals surface area (Å²) in [7, 11) is 0. The number of rotatable bonds is 4. The first-order chi connectivity index (χ1) is 7.84. The van der Waals surface area contributed by atoms with Crippen molar-refractivity contribution in [3.05, 3.63) is 24.0 Å². The molecule has 0 aromatic carbocycles. The fraction of sp³-hybridized carbons (Fsp3) is 0.400. The third kappa shape index (κ3) is 3.61. The van der Waals surface area contributed by atoms with Gasteiger partial charge in [0.15, 0.2) is 0 Å². The number of alkyl halides is 3. The van der Waals surface area contributed by atoms with Gasteiger partial charge in [-0.05, 0) is 13.0 Å². The Labute approximate surface area is 95.0 Å². The van der Waals surface area contributed by atoms with Gasteiger partial charge in [-0.2, -0.15) is 13.2 Å². The Bertz CT molecular complexity index is 423. The number of ether oxygens (including phenoxy) is 1. The molecule has 94 valence electrons. The first-order valence-corrected chi connectivity index (χ1v) is 4.77. The molecule has 0 atom stereocenters. The van der Waals surface area contributed by atoms with Crippen LogP contribution in [-0.2, 0) is 16.1 Å². The lowest BCUT2D eigenvalue weighted by atomic mass is 10.2. The van der Waals surface area contributed by atoms with Crippen molar-refractivity contribution >= 4 is 11.8 Å². The van der Waals surface area contributed by atoms with Crippen LogP contribution in [0.25, 0.3) is 0 Å². The van der Waals surface area contributed by atoms with Crippen molar-refractivity contribution in [2.24, 2.45) is 0 Å². The molecule has 0 spiro atoms. The smallest absolute Gasteiger partial charge is 0.454 e. The largest absolute Gasteiger partial charge is 0.465 e. The molecule has 0 saturated carbocycles. The number of ketones is 1. The standard InChI is InChI=1S/C10H10F3NO3/c1-2-17-8(15)6-14-4-3-7(5-14)9(16)10(11,12)13/h3-5H,2,6H2,1H3. The average Bonchev–Trinajstić information content (AvgIpc) is 2.63. The molecule has 17 heavy (non-hydrogen) atoms. The van der Waals surface area contributed by atoms with E-state index < -0.39 is 23.5 Å². The Morgan fingerprint density at radius 1 is 1.41 bits per heavy atom. The Morgan fingerprint density at radius 2 is 2.06 bits per heavy atom. The second-order valence-electron chi connectivity index (χ2n) is 3.20. The van der Waals surface area contributed by atoms with Crippen LogP contribution in [-0.4, -0.2) is 29.1 Å². The van der Waals surface area contributed by atoms with E-state index in [9.17, 15) is 22.8 Å². The number of hydrogen-bond donors (Lipinski definition) is 0. The molecule has 0 aliphatic rings. The highest BCUT2D eigenvalue weighted by molar-refractivity contribution is 6.00. The van der Waals surface area contributed by atoms with Crippen molar-refractivity contribution in [2.45, 2.75) is 19.6 Å². The minimum atomic E-state index is -4.91. The fourth-order valence-corrected chi connectivity index (χ4v) is 1.19. The van der Waals surface area contributed by atoms with E-state index in [-0.39, 0.29) is 13.2 Å². The van der Waals surface area contributed by atoms with E-state index in [0.29, 0.717) is 0 Å². The molecule has 0 radical (unpaired) electrons. The minimum Gasteiger partial charge on any atom is -0.465 e. The molecule has 4 nitrogen and oxygen atoms in total. The highest BCUT2D eigenvalue weighted by atomic mass is 19.4. The summed E-state index contributed by atoms with van der Waals surface area (Å²) < 4.78 is 42.0. The molecule has 0 amide bonds. The van der Waals surface area contributed by atoms with Gasteiger partial charge in [0.05, 0.1) is 6.61 Å². The summed E-state index contributed by atoms with van der Waals surface area (Å²) in [5.74, 6) is -2.51. The molecule has 0 aliphatic carbocycles. The lowest BCUT2D eigenvalue weighted by Crippen LogP contribution is -2.22. The highest BCUT2D eigenvalue weighted by Crippen LogP contribution is 2.21. The monoisotopic (exact) mass is 249 g/mol. The third-order valence-corrected chi connectivity index (χ3v) is 1.89. The molecule has 0 saturated heterocycles. The maximum absolute atomic E-state index is 12.1. The molecule has 1 aromatic heterocycles. The van der Waals surface area contributed by atoms with Crippen LogP contribution in [0.15, 0.2) is 18.5 Å². The van der Waals surface area contributed by atoms with Crippen LogP contribution in [0.4, 0.5) is 13.2 Å². The second-order valence-corrected chi connectivity index (χ2v) is 3.20. The van der Waals surface area contributed by atoms with Gasteiger partial charge in [0.25, 0.3) is 5.78 Å².